The topological polar surface area (TPSA) is 24.9 Å². The fraction of sp³-hybridized carbons (Fsp3) is 0.357. The smallest absolute Gasteiger partial charge is 0.146 e. The Kier molecular flexibility index (Phi) is 4.84. The number of hydrogen-bond donors (Lipinski definition) is 1. The highest BCUT2D eigenvalue weighted by Crippen LogP contribution is 2.20. The Morgan fingerprint density at radius 3 is 3.00 bits per heavy atom. The molecule has 0 saturated heterocycles. The van der Waals surface area contributed by atoms with Crippen molar-refractivity contribution in [1.82, 2.24) is 10.3 Å². The predicted octanol–water partition coefficient (Wildman–Crippen LogP) is 3.57. The van der Waals surface area contributed by atoms with Gasteiger partial charge in [0.15, 0.2) is 0 Å². The molecule has 0 radical (unpaired) electrons. The van der Waals surface area contributed by atoms with E-state index in [0.717, 1.165) is 19.4 Å². The molecule has 0 amide bonds. The monoisotopic (exact) mass is 264 g/mol. The van der Waals surface area contributed by atoms with Gasteiger partial charge in [0, 0.05) is 6.20 Å². The zero-order valence-corrected chi connectivity index (χ0v) is 11.2. The van der Waals surface area contributed by atoms with Crippen LogP contribution in [0.1, 0.15) is 30.6 Å². The molecule has 96 valence electrons. The lowest BCUT2D eigenvalue weighted by atomic mass is 10.0. The lowest BCUT2D eigenvalue weighted by Crippen LogP contribution is -2.25. The summed E-state index contributed by atoms with van der Waals surface area (Å²) >= 11 is 1.66. The molecule has 0 aromatic carbocycles. The molecule has 2 aromatic rings. The normalized spacial score (nSPS) is 12.6. The molecular weight excluding hydrogens is 247 g/mol. The van der Waals surface area contributed by atoms with Crippen LogP contribution in [-0.2, 0) is 6.42 Å². The quantitative estimate of drug-likeness (QED) is 0.863. The first-order valence-corrected chi connectivity index (χ1v) is 7.10. The van der Waals surface area contributed by atoms with Crippen molar-refractivity contribution >= 4 is 11.3 Å². The van der Waals surface area contributed by atoms with Crippen molar-refractivity contribution in [1.29, 1.82) is 0 Å². The Morgan fingerprint density at radius 1 is 1.44 bits per heavy atom. The number of nitrogens with zero attached hydrogens (tertiary/aromatic N) is 1. The standard InChI is InChI=1S/C14H17FN2S/c1-2-6-16-13(9-11-5-8-18-10-11)14-12(15)4-3-7-17-14/h3-5,7-8,10,13,16H,2,6,9H2,1H3. The summed E-state index contributed by atoms with van der Waals surface area (Å²) in [5.41, 5.74) is 1.73. The minimum Gasteiger partial charge on any atom is -0.308 e. The second kappa shape index (κ2) is 6.61. The van der Waals surface area contributed by atoms with E-state index in [4.69, 9.17) is 0 Å². The van der Waals surface area contributed by atoms with Gasteiger partial charge in [-0.2, -0.15) is 11.3 Å². The maximum absolute atomic E-state index is 13.8. The Balaban J connectivity index is 2.16. The highest BCUT2D eigenvalue weighted by Gasteiger charge is 2.16. The zero-order valence-electron chi connectivity index (χ0n) is 10.4. The third-order valence-electron chi connectivity index (χ3n) is 2.78. The first kappa shape index (κ1) is 13.2. The fourth-order valence-electron chi connectivity index (χ4n) is 1.88. The molecule has 2 aromatic heterocycles. The van der Waals surface area contributed by atoms with Gasteiger partial charge in [-0.3, -0.25) is 4.98 Å². The van der Waals surface area contributed by atoms with Crippen molar-refractivity contribution in [3.63, 3.8) is 0 Å². The summed E-state index contributed by atoms with van der Waals surface area (Å²) < 4.78 is 13.8. The number of rotatable bonds is 6. The highest BCUT2D eigenvalue weighted by atomic mass is 32.1. The van der Waals surface area contributed by atoms with Crippen LogP contribution in [-0.4, -0.2) is 11.5 Å². The molecule has 18 heavy (non-hydrogen) atoms. The molecule has 0 bridgehead atoms. The molecular formula is C14H17FN2S. The van der Waals surface area contributed by atoms with Crippen molar-refractivity contribution in [2.24, 2.45) is 0 Å². The van der Waals surface area contributed by atoms with E-state index in [1.165, 1.54) is 11.6 Å². The second-order valence-electron chi connectivity index (χ2n) is 4.21. The van der Waals surface area contributed by atoms with Crippen LogP contribution >= 0.6 is 11.3 Å². The van der Waals surface area contributed by atoms with Crippen LogP contribution in [0.4, 0.5) is 4.39 Å². The molecule has 2 nitrogen and oxygen atoms in total. The van der Waals surface area contributed by atoms with Crippen LogP contribution in [0.2, 0.25) is 0 Å². The van der Waals surface area contributed by atoms with Gasteiger partial charge in [-0.05, 0) is 53.9 Å². The van der Waals surface area contributed by atoms with Gasteiger partial charge in [0.05, 0.1) is 11.7 Å². The molecule has 0 aliphatic heterocycles. The summed E-state index contributed by atoms with van der Waals surface area (Å²) in [4.78, 5) is 4.18. The van der Waals surface area contributed by atoms with Crippen LogP contribution in [0.25, 0.3) is 0 Å². The van der Waals surface area contributed by atoms with Gasteiger partial charge >= 0.3 is 0 Å². The van der Waals surface area contributed by atoms with E-state index in [0.29, 0.717) is 5.69 Å². The van der Waals surface area contributed by atoms with Crippen molar-refractivity contribution in [3.8, 4) is 0 Å². The summed E-state index contributed by atoms with van der Waals surface area (Å²) in [6.07, 6.45) is 3.44. The predicted molar refractivity (Wildman–Crippen MR) is 73.3 cm³/mol. The largest absolute Gasteiger partial charge is 0.308 e. The van der Waals surface area contributed by atoms with Gasteiger partial charge < -0.3 is 5.32 Å². The highest BCUT2D eigenvalue weighted by molar-refractivity contribution is 7.07. The third kappa shape index (κ3) is 3.37. The zero-order chi connectivity index (χ0) is 12.8. The van der Waals surface area contributed by atoms with Crippen molar-refractivity contribution in [3.05, 3.63) is 52.2 Å². The van der Waals surface area contributed by atoms with E-state index >= 15 is 0 Å². The Hall–Kier alpha value is -1.26. The number of nitrogens with one attached hydrogen (secondary N) is 1. The van der Waals surface area contributed by atoms with E-state index in [2.05, 4.69) is 28.7 Å². The maximum atomic E-state index is 13.8. The van der Waals surface area contributed by atoms with Gasteiger partial charge in [0.25, 0.3) is 0 Å². The number of halogens is 1. The Bertz CT molecular complexity index is 470. The molecule has 1 atom stereocenters. The second-order valence-corrected chi connectivity index (χ2v) is 4.99. The molecule has 0 saturated carbocycles. The van der Waals surface area contributed by atoms with E-state index in [9.17, 15) is 4.39 Å². The summed E-state index contributed by atoms with van der Waals surface area (Å²) in [7, 11) is 0. The molecule has 1 unspecified atom stereocenters. The van der Waals surface area contributed by atoms with Gasteiger partial charge in [-0.15, -0.1) is 0 Å². The molecule has 0 spiro atoms. The average Bonchev–Trinajstić information content (AvgIpc) is 2.88. The third-order valence-corrected chi connectivity index (χ3v) is 3.51. The van der Waals surface area contributed by atoms with E-state index in [-0.39, 0.29) is 11.9 Å². The molecule has 0 fully saturated rings. The fourth-order valence-corrected chi connectivity index (χ4v) is 2.56. The van der Waals surface area contributed by atoms with Gasteiger partial charge in [0.2, 0.25) is 0 Å². The van der Waals surface area contributed by atoms with Crippen LogP contribution < -0.4 is 5.32 Å². The van der Waals surface area contributed by atoms with Crippen LogP contribution in [0.15, 0.2) is 35.2 Å². The SMILES string of the molecule is CCCNC(Cc1ccsc1)c1ncccc1F. The first-order chi connectivity index (χ1) is 8.81. The molecule has 1 N–H and O–H groups in total. The Labute approximate surface area is 111 Å². The lowest BCUT2D eigenvalue weighted by Gasteiger charge is -2.18. The van der Waals surface area contributed by atoms with Crippen molar-refractivity contribution in [2.75, 3.05) is 6.54 Å². The van der Waals surface area contributed by atoms with Crippen molar-refractivity contribution in [2.45, 2.75) is 25.8 Å². The molecule has 0 aliphatic rings. The summed E-state index contributed by atoms with van der Waals surface area (Å²) in [6.45, 7) is 2.97. The van der Waals surface area contributed by atoms with E-state index in [1.54, 1.807) is 23.6 Å². The Morgan fingerprint density at radius 2 is 2.33 bits per heavy atom. The molecule has 0 aliphatic carbocycles. The number of hydrogen-bond acceptors (Lipinski definition) is 3. The minimum absolute atomic E-state index is 0.0549. The van der Waals surface area contributed by atoms with E-state index < -0.39 is 0 Å². The summed E-state index contributed by atoms with van der Waals surface area (Å²) in [5, 5.41) is 7.51. The van der Waals surface area contributed by atoms with E-state index in [1.807, 2.05) is 5.38 Å². The summed E-state index contributed by atoms with van der Waals surface area (Å²) in [6, 6.07) is 5.11. The van der Waals surface area contributed by atoms with Crippen LogP contribution in [0, 0.1) is 5.82 Å². The van der Waals surface area contributed by atoms with Crippen LogP contribution in [0.3, 0.4) is 0 Å². The number of pyridine rings is 1. The first-order valence-electron chi connectivity index (χ1n) is 6.16. The summed E-state index contributed by atoms with van der Waals surface area (Å²) in [5.74, 6) is -0.235. The molecule has 2 heterocycles. The average molecular weight is 264 g/mol. The molecule has 2 rings (SSSR count). The number of aromatic nitrogens is 1. The van der Waals surface area contributed by atoms with Gasteiger partial charge in [-0.1, -0.05) is 6.92 Å². The van der Waals surface area contributed by atoms with Crippen LogP contribution in [0.5, 0.6) is 0 Å². The van der Waals surface area contributed by atoms with Crippen molar-refractivity contribution < 1.29 is 4.39 Å². The van der Waals surface area contributed by atoms with Gasteiger partial charge in [0.1, 0.15) is 5.82 Å². The molecule has 4 heteroatoms. The lowest BCUT2D eigenvalue weighted by molar-refractivity contribution is 0.483. The minimum atomic E-state index is -0.235. The number of thiophene rings is 1. The van der Waals surface area contributed by atoms with Gasteiger partial charge in [-0.25, -0.2) is 4.39 Å². The maximum Gasteiger partial charge on any atom is 0.146 e.